The SMILES string of the molecule is [O]=[Re](=[O])(=[O])[Cl]. The first-order valence-corrected chi connectivity index (χ1v) is 7.30. The third-order valence-corrected chi connectivity index (χ3v) is 0. The van der Waals surface area contributed by atoms with Gasteiger partial charge in [0.1, 0.15) is 0 Å². The van der Waals surface area contributed by atoms with Crippen LogP contribution in [0.3, 0.4) is 0 Å². The summed E-state index contributed by atoms with van der Waals surface area (Å²) in [7, 11) is 4.06. The van der Waals surface area contributed by atoms with E-state index < -0.39 is 14.4 Å². The van der Waals surface area contributed by atoms with Crippen LogP contribution in [0.5, 0.6) is 0 Å². The Kier molecular flexibility index (Phi) is 1.30. The summed E-state index contributed by atoms with van der Waals surface area (Å²) in [6.45, 7) is 0. The third kappa shape index (κ3) is 194. The number of hydrogen-bond acceptors (Lipinski definition) is 3. The van der Waals surface area contributed by atoms with Crippen LogP contribution >= 0.6 is 9.53 Å². The van der Waals surface area contributed by atoms with Gasteiger partial charge in [0, 0.05) is 0 Å². The van der Waals surface area contributed by atoms with Crippen molar-refractivity contribution in [3.8, 4) is 0 Å². The molecule has 0 N–H and O–H groups in total. The van der Waals surface area contributed by atoms with E-state index in [9.17, 15) is 0 Å². The van der Waals surface area contributed by atoms with Gasteiger partial charge >= 0.3 is 34.3 Å². The van der Waals surface area contributed by atoms with Crippen molar-refractivity contribution in [2.24, 2.45) is 0 Å². The number of hydrogen-bond donors (Lipinski definition) is 0. The van der Waals surface area contributed by atoms with Gasteiger partial charge in [0.15, 0.2) is 0 Å². The topological polar surface area (TPSA) is 51.2 Å². The molecule has 0 amide bonds. The summed E-state index contributed by atoms with van der Waals surface area (Å²) < 4.78 is 26.9. The van der Waals surface area contributed by atoms with E-state index in [-0.39, 0.29) is 0 Å². The Hall–Kier alpha value is 0.352. The third-order valence-electron chi connectivity index (χ3n) is 0. The molecule has 3 nitrogen and oxygen atoms in total. The molecule has 0 spiro atoms. The van der Waals surface area contributed by atoms with E-state index in [1.54, 1.807) is 0 Å². The summed E-state index contributed by atoms with van der Waals surface area (Å²) in [5.41, 5.74) is 0. The van der Waals surface area contributed by atoms with E-state index in [0.717, 1.165) is 0 Å². The molecule has 32 valence electrons. The molecule has 5 heteroatoms. The van der Waals surface area contributed by atoms with Crippen molar-refractivity contribution in [2.45, 2.75) is 0 Å². The molecule has 0 aromatic carbocycles. The van der Waals surface area contributed by atoms with Gasteiger partial charge in [-0.2, -0.15) is 0 Å². The van der Waals surface area contributed by atoms with Crippen molar-refractivity contribution >= 4 is 9.53 Å². The van der Waals surface area contributed by atoms with Gasteiger partial charge in [-0.05, 0) is 0 Å². The van der Waals surface area contributed by atoms with Crippen LogP contribution in [-0.2, 0) is 24.8 Å². The summed E-state index contributed by atoms with van der Waals surface area (Å²) in [6.07, 6.45) is 0. The van der Waals surface area contributed by atoms with Gasteiger partial charge in [-0.3, -0.25) is 0 Å². The molecule has 0 rings (SSSR count). The number of halogens is 1. The van der Waals surface area contributed by atoms with E-state index >= 15 is 0 Å². The van der Waals surface area contributed by atoms with E-state index in [1.807, 2.05) is 0 Å². The first-order chi connectivity index (χ1) is 2.00. The van der Waals surface area contributed by atoms with Gasteiger partial charge in [-0.15, -0.1) is 0 Å². The van der Waals surface area contributed by atoms with Crippen LogP contribution in [0, 0.1) is 0 Å². The minimum absolute atomic E-state index is 4.06. The van der Waals surface area contributed by atoms with Crippen LogP contribution < -0.4 is 0 Å². The van der Waals surface area contributed by atoms with Crippen LogP contribution in [0.4, 0.5) is 0 Å². The molecular weight excluding hydrogens is 270 g/mol. The van der Waals surface area contributed by atoms with Gasteiger partial charge in [0.25, 0.3) is 0 Å². The number of rotatable bonds is 0. The molecule has 0 aromatic rings. The second-order valence-electron chi connectivity index (χ2n) is 0.364. The molecule has 0 aliphatic heterocycles. The van der Waals surface area contributed by atoms with Crippen LogP contribution in [0.15, 0.2) is 0 Å². The quantitative estimate of drug-likeness (QED) is 0.637. The first kappa shape index (κ1) is 5.35. The second-order valence-corrected chi connectivity index (χ2v) is 5.84. The molecule has 5 heavy (non-hydrogen) atoms. The molecule has 0 saturated heterocycles. The molecule has 0 radical (unpaired) electrons. The van der Waals surface area contributed by atoms with Crippen molar-refractivity contribution in [3.05, 3.63) is 0 Å². The minimum atomic E-state index is -5.39. The van der Waals surface area contributed by atoms with E-state index in [4.69, 9.17) is 10.4 Å². The van der Waals surface area contributed by atoms with Crippen LogP contribution in [0.25, 0.3) is 0 Å². The van der Waals surface area contributed by atoms with Crippen molar-refractivity contribution in [1.82, 2.24) is 0 Å². The first-order valence-electron chi connectivity index (χ1n) is 0.606. The maximum absolute atomic E-state index is 8.96. The van der Waals surface area contributed by atoms with Crippen molar-refractivity contribution < 1.29 is 24.8 Å². The average Bonchev–Trinajstić information content (AvgIpc) is 0.722. The fourth-order valence-electron chi connectivity index (χ4n) is 0. The zero-order valence-corrected chi connectivity index (χ0v) is 5.45. The van der Waals surface area contributed by atoms with Crippen LogP contribution in [-0.4, -0.2) is 0 Å². The van der Waals surface area contributed by atoms with Gasteiger partial charge in [-0.1, -0.05) is 0 Å². The average molecular weight is 270 g/mol. The molecule has 0 aromatic heterocycles. The molecular formula is ClO3Re. The zero-order valence-electron chi connectivity index (χ0n) is 1.98. The molecule has 0 saturated carbocycles. The molecule has 0 aliphatic carbocycles. The van der Waals surface area contributed by atoms with Crippen molar-refractivity contribution in [2.75, 3.05) is 0 Å². The molecule has 0 bridgehead atoms. The molecule has 0 atom stereocenters. The Morgan fingerprint density at radius 2 is 1.20 bits per heavy atom. The Balaban J connectivity index is 4.87. The van der Waals surface area contributed by atoms with Crippen molar-refractivity contribution in [1.29, 1.82) is 0 Å². The Morgan fingerprint density at radius 1 is 1.20 bits per heavy atom. The second kappa shape index (κ2) is 1.21. The van der Waals surface area contributed by atoms with Gasteiger partial charge in [0.2, 0.25) is 0 Å². The predicted molar refractivity (Wildman–Crippen MR) is 7.91 cm³/mol. The normalized spacial score (nSPS) is 11.4. The monoisotopic (exact) mass is 270 g/mol. The van der Waals surface area contributed by atoms with Crippen LogP contribution in [0.2, 0.25) is 0 Å². The van der Waals surface area contributed by atoms with E-state index in [0.29, 0.717) is 0 Å². The Bertz CT molecular complexity index is 128. The summed E-state index contributed by atoms with van der Waals surface area (Å²) in [5, 5.41) is 0. The summed E-state index contributed by atoms with van der Waals surface area (Å²) in [5.74, 6) is 0. The van der Waals surface area contributed by atoms with Crippen molar-refractivity contribution in [3.63, 3.8) is 0 Å². The summed E-state index contributed by atoms with van der Waals surface area (Å²) in [4.78, 5) is 0. The fourth-order valence-corrected chi connectivity index (χ4v) is 0. The predicted octanol–water partition coefficient (Wildman–Crippen LogP) is 0.331. The zero-order chi connectivity index (χ0) is 4.50. The fraction of sp³-hybridized carbons (Fsp3) is 0. The van der Waals surface area contributed by atoms with Gasteiger partial charge < -0.3 is 0 Å². The van der Waals surface area contributed by atoms with E-state index in [1.165, 1.54) is 0 Å². The van der Waals surface area contributed by atoms with Gasteiger partial charge in [0.05, 0.1) is 0 Å². The molecule has 0 heterocycles. The molecule has 0 fully saturated rings. The maximum atomic E-state index is 8.96. The van der Waals surface area contributed by atoms with Crippen LogP contribution in [0.1, 0.15) is 0 Å². The Labute approximate surface area is 34.8 Å². The molecule has 0 unspecified atom stereocenters. The van der Waals surface area contributed by atoms with Gasteiger partial charge in [-0.25, -0.2) is 0 Å². The van der Waals surface area contributed by atoms with E-state index in [2.05, 4.69) is 9.53 Å². The standard InChI is InChI=1S/ClH.3O.Re/h1H;;;;/q;;;;+1/p-1. The molecule has 0 aliphatic rings. The summed E-state index contributed by atoms with van der Waals surface area (Å²) >= 11 is -5.39. The Morgan fingerprint density at radius 3 is 1.20 bits per heavy atom. The summed E-state index contributed by atoms with van der Waals surface area (Å²) in [6, 6.07) is 0.